The van der Waals surface area contributed by atoms with Crippen LogP contribution in [0, 0.1) is 12.9 Å². The van der Waals surface area contributed by atoms with Gasteiger partial charge < -0.3 is 5.11 Å². The zero-order valence-electron chi connectivity index (χ0n) is 48.8. The Morgan fingerprint density at radius 1 is 0.462 bits per heavy atom. The number of imidazole rings is 1. The molecule has 0 amide bonds. The van der Waals surface area contributed by atoms with Crippen LogP contribution in [0.4, 0.5) is 0 Å². The first-order valence-corrected chi connectivity index (χ1v) is 26.6. The van der Waals surface area contributed by atoms with Crippen LogP contribution in [0.1, 0.15) is 88.7 Å². The maximum Gasteiger partial charge on any atom is 0.148 e. The molecule has 11 rings (SSSR count). The fourth-order valence-electron chi connectivity index (χ4n) is 10.7. The topological polar surface area (TPSA) is 50.9 Å². The second-order valence-corrected chi connectivity index (χ2v) is 23.4. The molecule has 5 heteroatoms. The Morgan fingerprint density at radius 2 is 1.03 bits per heavy atom. The number of aryl methyl sites for hydroxylation is 1. The molecule has 0 fully saturated rings. The van der Waals surface area contributed by atoms with Gasteiger partial charge in [0.2, 0.25) is 0 Å². The first kappa shape index (κ1) is 49.6. The van der Waals surface area contributed by atoms with Gasteiger partial charge in [-0.15, -0.1) is 23.8 Å². The normalized spacial score (nSPS) is 12.7. The molecule has 0 bridgehead atoms. The molecule has 0 aliphatic carbocycles. The first-order valence-electron chi connectivity index (χ1n) is 28.1. The van der Waals surface area contributed by atoms with Crippen molar-refractivity contribution >= 4 is 11.0 Å². The largest absolute Gasteiger partial charge is 0.507 e. The Hall–Kier alpha value is -7.91. The van der Waals surface area contributed by atoms with E-state index in [0.29, 0.717) is 28.1 Å². The number of para-hydroxylation sites is 1. The van der Waals surface area contributed by atoms with Gasteiger partial charge in [0.15, 0.2) is 0 Å². The maximum absolute atomic E-state index is 12.7. The number of phenolic OH excluding ortho intramolecular Hbond substituents is 1. The molecule has 0 aliphatic rings. The number of pyridine rings is 1. The van der Waals surface area contributed by atoms with E-state index >= 15 is 0 Å². The van der Waals surface area contributed by atoms with Gasteiger partial charge in [0, 0.05) is 42.6 Å². The third-order valence-corrected chi connectivity index (χ3v) is 14.8. The number of nitrogens with zero attached hydrogens (tertiary/aromatic N) is 3. The molecule has 0 aliphatic heterocycles. The van der Waals surface area contributed by atoms with Crippen LogP contribution in [0.2, 0.25) is 0 Å². The molecule has 0 radical (unpaired) electrons. The van der Waals surface area contributed by atoms with Crippen LogP contribution in [-0.4, -0.2) is 19.6 Å². The minimum Gasteiger partial charge on any atom is -0.507 e. The van der Waals surface area contributed by atoms with Crippen molar-refractivity contribution in [3.63, 3.8) is 0 Å². The molecule has 4 nitrogen and oxygen atoms in total. The predicted octanol–water partition coefficient (Wildman–Crippen LogP) is 19.5. The molecule has 0 spiro atoms. The Morgan fingerprint density at radius 3 is 1.65 bits per heavy atom. The van der Waals surface area contributed by atoms with Crippen molar-refractivity contribution in [2.75, 3.05) is 0 Å². The molecule has 78 heavy (non-hydrogen) atoms. The van der Waals surface area contributed by atoms with E-state index in [2.05, 4.69) is 196 Å². The maximum atomic E-state index is 12.7. The van der Waals surface area contributed by atoms with E-state index in [0.717, 1.165) is 94.7 Å². The summed E-state index contributed by atoms with van der Waals surface area (Å²) in [6.45, 7) is 16.8. The van der Waals surface area contributed by atoms with Crippen molar-refractivity contribution in [3.05, 3.63) is 241 Å². The average Bonchev–Trinajstić information content (AvgIpc) is 3.05. The number of hydrogen-bond acceptors (Lipinski definition) is 3. The van der Waals surface area contributed by atoms with Crippen LogP contribution >= 0.6 is 0 Å². The summed E-state index contributed by atoms with van der Waals surface area (Å²) >= 11 is 0. The van der Waals surface area contributed by atoms with Gasteiger partial charge in [-0.3, -0.25) is 9.55 Å². The summed E-state index contributed by atoms with van der Waals surface area (Å²) in [6.07, 6.45) is 1.86. The zero-order valence-corrected chi connectivity index (χ0v) is 48.1. The summed E-state index contributed by atoms with van der Waals surface area (Å²) in [7, 11) is 0. The number of fused-ring (bicyclic) bond motifs is 1. The molecular formula is C73H66N3OPt-. The van der Waals surface area contributed by atoms with Gasteiger partial charge in [0.05, 0.1) is 22.3 Å². The third-order valence-electron chi connectivity index (χ3n) is 14.8. The number of hydrogen-bond donors (Lipinski definition) is 1. The van der Waals surface area contributed by atoms with Gasteiger partial charge in [-0.05, 0) is 120 Å². The summed E-state index contributed by atoms with van der Waals surface area (Å²) < 4.78 is 30.1. The van der Waals surface area contributed by atoms with Crippen LogP contribution in [0.3, 0.4) is 0 Å². The van der Waals surface area contributed by atoms with Crippen molar-refractivity contribution in [1.29, 1.82) is 0 Å². The van der Waals surface area contributed by atoms with Crippen molar-refractivity contribution in [2.45, 2.75) is 85.4 Å². The van der Waals surface area contributed by atoms with Crippen molar-refractivity contribution in [3.8, 4) is 101 Å². The minimum atomic E-state index is -2.58. The van der Waals surface area contributed by atoms with E-state index in [9.17, 15) is 9.22 Å². The van der Waals surface area contributed by atoms with Crippen molar-refractivity contribution in [1.82, 2.24) is 14.5 Å². The second-order valence-electron chi connectivity index (χ2n) is 23.4. The molecule has 11 aromatic rings. The number of aromatic hydroxyl groups is 1. The number of rotatable bonds is 9. The van der Waals surface area contributed by atoms with Crippen LogP contribution in [0.25, 0.3) is 106 Å². The summed E-state index contributed by atoms with van der Waals surface area (Å²) in [5.74, 6) is 0.523. The molecule has 0 saturated carbocycles. The predicted molar refractivity (Wildman–Crippen MR) is 324 cm³/mol. The van der Waals surface area contributed by atoms with Crippen LogP contribution in [-0.2, 0) is 37.3 Å². The molecule has 0 unspecified atom stereocenters. The molecule has 390 valence electrons. The summed E-state index contributed by atoms with van der Waals surface area (Å²) in [4.78, 5) is 10.6. The smallest absolute Gasteiger partial charge is 0.148 e. The summed E-state index contributed by atoms with van der Waals surface area (Å²) in [6, 6.07) is 74.3. The fourth-order valence-corrected chi connectivity index (χ4v) is 10.7. The molecule has 2 aromatic heterocycles. The van der Waals surface area contributed by atoms with Crippen molar-refractivity contribution < 1.29 is 30.3 Å². The van der Waals surface area contributed by atoms with E-state index in [1.54, 1.807) is 0 Å². The monoisotopic (exact) mass is 1200 g/mol. The Balaban J connectivity index is 0.00000736. The molecular weight excluding hydrogens is 1130 g/mol. The van der Waals surface area contributed by atoms with E-state index < -0.39 is 12.3 Å². The van der Waals surface area contributed by atoms with Crippen LogP contribution in [0.5, 0.6) is 5.75 Å². The van der Waals surface area contributed by atoms with Gasteiger partial charge in [-0.2, -0.15) is 0 Å². The van der Waals surface area contributed by atoms with Gasteiger partial charge in [0.1, 0.15) is 11.6 Å². The van der Waals surface area contributed by atoms with Gasteiger partial charge in [-0.25, -0.2) is 4.98 Å². The Labute approximate surface area is 480 Å². The molecule has 0 atom stereocenters. The van der Waals surface area contributed by atoms with E-state index in [-0.39, 0.29) is 43.2 Å². The van der Waals surface area contributed by atoms with E-state index in [1.165, 1.54) is 0 Å². The molecule has 9 aromatic carbocycles. The molecule has 2 heterocycles. The first-order chi connectivity index (χ1) is 38.1. The van der Waals surface area contributed by atoms with Gasteiger partial charge in [0.25, 0.3) is 0 Å². The third kappa shape index (κ3) is 10.5. The second kappa shape index (κ2) is 21.1. The molecule has 1 N–H and O–H groups in total. The standard InChI is InChI=1S/C73H66N3O.Pt/c1-47-40-54(67-59(52-26-18-13-19-27-52)28-20-30-62(67)72(5,6)7)36-37-65(47)76-66-31-21-29-60(68(66)75-70(76)61-45-58(71(2,3)4)46-63(69(61)77)73(8,9)10)56-41-55(49-24-16-12-17-25-49)42-57(43-56)64-44-53(38-39-74-64)51-34-32-50(33-35-51)48-22-14-11-15-23-48;/h11-42,44-46,77H,1-10H3;/q-1;/i1D3;. The van der Waals surface area contributed by atoms with E-state index in [1.807, 2.05) is 89.6 Å². The summed E-state index contributed by atoms with van der Waals surface area (Å²) in [5.41, 5.74) is 17.7. The van der Waals surface area contributed by atoms with Gasteiger partial charge in [-0.1, -0.05) is 243 Å². The number of benzene rings is 9. The van der Waals surface area contributed by atoms with Crippen LogP contribution < -0.4 is 0 Å². The number of aromatic nitrogens is 3. The molecule has 0 saturated heterocycles. The minimum absolute atomic E-state index is 0. The fraction of sp³-hybridized carbons (Fsp3) is 0.178. The average molecular weight is 1200 g/mol. The van der Waals surface area contributed by atoms with Crippen molar-refractivity contribution in [2.24, 2.45) is 0 Å². The zero-order chi connectivity index (χ0) is 56.3. The Bertz CT molecular complexity index is 4090. The van der Waals surface area contributed by atoms with Gasteiger partial charge >= 0.3 is 0 Å². The SMILES string of the molecule is [2H]C([2H])([2H])c1cc(-c2c(-c3ccccc3)cccc2C(C)(C)C)ccc1-n1c(-c2cc(C(C)(C)C)cc(C(C)(C)C)c2O)nc2c(-c3[c-]c(-c4cc(-c5ccc(-c6ccccc6)cc5)ccn4)cc(-c4ccccc4)c3)cccc21.[Pt]. The summed E-state index contributed by atoms with van der Waals surface area (Å²) in [5, 5.41) is 12.7. The quantitative estimate of drug-likeness (QED) is 0.147. The Kier molecular flexibility index (Phi) is 13.5. The van der Waals surface area contributed by atoms with E-state index in [4.69, 9.17) is 9.97 Å². The number of phenols is 1. The van der Waals surface area contributed by atoms with Crippen LogP contribution in [0.15, 0.2) is 212 Å².